The van der Waals surface area contributed by atoms with Gasteiger partial charge in [-0.25, -0.2) is 0 Å². The first-order chi connectivity index (χ1) is 14.1. The van der Waals surface area contributed by atoms with Gasteiger partial charge in [0.15, 0.2) is 12.4 Å². The Labute approximate surface area is 177 Å². The Balaban J connectivity index is 1.63. The quantitative estimate of drug-likeness (QED) is 0.683. The largest absolute Gasteiger partial charge is 0.458 e. The second-order valence-corrected chi connectivity index (χ2v) is 10.0. The number of allylic oxidation sites excluding steroid dienone is 4. The lowest BCUT2D eigenvalue weighted by atomic mass is 9.46. The van der Waals surface area contributed by atoms with Crippen molar-refractivity contribution in [2.75, 3.05) is 6.61 Å². The minimum Gasteiger partial charge on any atom is -0.458 e. The van der Waals surface area contributed by atoms with Crippen LogP contribution in [0.1, 0.15) is 59.3 Å². The van der Waals surface area contributed by atoms with E-state index < -0.39 is 35.5 Å². The van der Waals surface area contributed by atoms with Crippen LogP contribution >= 0.6 is 0 Å². The predicted octanol–water partition coefficient (Wildman–Crippen LogP) is 2.52. The number of carbonyl (C=O) groups is 3. The van der Waals surface area contributed by atoms with Gasteiger partial charge >= 0.3 is 5.97 Å². The van der Waals surface area contributed by atoms with Crippen molar-refractivity contribution < 1.29 is 29.3 Å². The van der Waals surface area contributed by atoms with Crippen LogP contribution < -0.4 is 0 Å². The van der Waals surface area contributed by atoms with Gasteiger partial charge in [0.2, 0.25) is 5.78 Å². The Kier molecular flexibility index (Phi) is 5.09. The molecule has 30 heavy (non-hydrogen) atoms. The molecule has 0 aromatic heterocycles. The Morgan fingerprint density at radius 2 is 2.00 bits per heavy atom. The molecule has 0 aromatic rings. The van der Waals surface area contributed by atoms with E-state index in [-0.39, 0.29) is 35.4 Å². The molecule has 0 amide bonds. The van der Waals surface area contributed by atoms with E-state index in [0.717, 1.165) is 18.4 Å². The molecule has 6 nitrogen and oxygen atoms in total. The van der Waals surface area contributed by atoms with Gasteiger partial charge in [-0.15, -0.1) is 0 Å². The van der Waals surface area contributed by atoms with Crippen LogP contribution in [0.3, 0.4) is 0 Å². The summed E-state index contributed by atoms with van der Waals surface area (Å²) in [5, 5.41) is 22.8. The number of rotatable bonds is 4. The fourth-order valence-corrected chi connectivity index (χ4v) is 7.16. The van der Waals surface area contributed by atoms with Crippen LogP contribution in [0.5, 0.6) is 0 Å². The van der Waals surface area contributed by atoms with E-state index in [4.69, 9.17) is 4.74 Å². The zero-order valence-corrected chi connectivity index (χ0v) is 18.0. The Bertz CT molecular complexity index is 843. The van der Waals surface area contributed by atoms with Gasteiger partial charge in [-0.05, 0) is 56.1 Å². The molecule has 7 atom stereocenters. The Morgan fingerprint density at radius 1 is 1.27 bits per heavy atom. The molecule has 3 saturated carbocycles. The molecule has 0 heterocycles. The fraction of sp³-hybridized carbons (Fsp3) is 0.708. The number of ether oxygens (including phenoxy) is 1. The van der Waals surface area contributed by atoms with Gasteiger partial charge in [-0.2, -0.15) is 0 Å². The van der Waals surface area contributed by atoms with Gasteiger partial charge in [0.25, 0.3) is 0 Å². The van der Waals surface area contributed by atoms with Gasteiger partial charge in [-0.1, -0.05) is 32.4 Å². The molecule has 164 valence electrons. The average molecular weight is 417 g/mol. The number of aliphatic hydroxyl groups is 2. The highest BCUT2D eigenvalue weighted by molar-refractivity contribution is 6.01. The molecule has 0 spiro atoms. The topological polar surface area (TPSA) is 101 Å². The van der Waals surface area contributed by atoms with E-state index in [1.165, 1.54) is 0 Å². The van der Waals surface area contributed by atoms with Crippen LogP contribution in [-0.4, -0.2) is 46.1 Å². The molecule has 4 rings (SSSR count). The van der Waals surface area contributed by atoms with Crippen LogP contribution in [0.15, 0.2) is 23.8 Å². The minimum absolute atomic E-state index is 0.00136. The predicted molar refractivity (Wildman–Crippen MR) is 109 cm³/mol. The van der Waals surface area contributed by atoms with Gasteiger partial charge in [-0.3, -0.25) is 14.4 Å². The number of Topliss-reactive ketones (excluding diaryl/α,β-unsaturated/α-hetero) is 1. The van der Waals surface area contributed by atoms with E-state index in [2.05, 4.69) is 6.92 Å². The van der Waals surface area contributed by atoms with Gasteiger partial charge in [0.05, 0.1) is 6.10 Å². The van der Waals surface area contributed by atoms with Crippen molar-refractivity contribution in [2.45, 2.75) is 71.0 Å². The van der Waals surface area contributed by atoms with Gasteiger partial charge < -0.3 is 14.9 Å². The molecule has 0 unspecified atom stereocenters. The highest BCUT2D eigenvalue weighted by atomic mass is 16.5. The first kappa shape index (κ1) is 21.4. The average Bonchev–Trinajstić information content (AvgIpc) is 2.97. The molecule has 0 aliphatic heterocycles. The maximum atomic E-state index is 13.0. The van der Waals surface area contributed by atoms with Crippen LogP contribution in [-0.2, 0) is 19.1 Å². The fourth-order valence-electron chi connectivity index (χ4n) is 7.16. The summed E-state index contributed by atoms with van der Waals surface area (Å²) in [5.74, 6) is -0.738. The van der Waals surface area contributed by atoms with Crippen molar-refractivity contribution >= 4 is 17.5 Å². The highest BCUT2D eigenvalue weighted by Gasteiger charge is 2.68. The first-order valence-electron chi connectivity index (χ1n) is 11.1. The molecule has 2 N–H and O–H groups in total. The lowest BCUT2D eigenvalue weighted by Crippen LogP contribution is -2.61. The number of aliphatic hydroxyl groups excluding tert-OH is 1. The summed E-state index contributed by atoms with van der Waals surface area (Å²) in [4.78, 5) is 36.4. The van der Waals surface area contributed by atoms with Crippen LogP contribution in [0.4, 0.5) is 0 Å². The van der Waals surface area contributed by atoms with E-state index >= 15 is 0 Å². The summed E-state index contributed by atoms with van der Waals surface area (Å²) in [6.45, 7) is 5.25. The first-order valence-corrected chi connectivity index (χ1v) is 11.1. The van der Waals surface area contributed by atoms with Crippen LogP contribution in [0.25, 0.3) is 0 Å². The second-order valence-electron chi connectivity index (χ2n) is 10.0. The molecular formula is C24H32O6. The normalized spacial score (nSPS) is 44.6. The third kappa shape index (κ3) is 2.87. The van der Waals surface area contributed by atoms with Crippen molar-refractivity contribution in [3.63, 3.8) is 0 Å². The summed E-state index contributed by atoms with van der Waals surface area (Å²) in [6, 6.07) is 0. The molecule has 4 aliphatic rings. The number of esters is 1. The Morgan fingerprint density at radius 3 is 2.70 bits per heavy atom. The summed E-state index contributed by atoms with van der Waals surface area (Å²) in [7, 11) is 0. The Hall–Kier alpha value is -1.79. The minimum atomic E-state index is -1.60. The highest BCUT2D eigenvalue weighted by Crippen LogP contribution is 2.67. The SMILES string of the molecule is CCC(=O)OCC(=O)[C@@]1(O)CC[C@@H]2[C@@H]3CCC4=CC(=O)C=C[C@]4(C)[C@@H]3[C@@H](O)C[C@@]21C. The van der Waals surface area contributed by atoms with E-state index in [1.54, 1.807) is 19.1 Å². The third-order valence-corrected chi connectivity index (χ3v) is 8.76. The maximum absolute atomic E-state index is 13.0. The second kappa shape index (κ2) is 7.13. The lowest BCUT2D eigenvalue weighted by Gasteiger charge is -2.59. The van der Waals surface area contributed by atoms with Crippen molar-refractivity contribution in [3.8, 4) is 0 Å². The monoisotopic (exact) mass is 416 g/mol. The number of carbonyl (C=O) groups excluding carboxylic acids is 3. The smallest absolute Gasteiger partial charge is 0.305 e. The number of hydrogen-bond acceptors (Lipinski definition) is 6. The molecule has 0 radical (unpaired) electrons. The molecule has 6 heteroatoms. The summed E-state index contributed by atoms with van der Waals surface area (Å²) < 4.78 is 5.03. The molecule has 3 fully saturated rings. The molecule has 0 aromatic carbocycles. The summed E-state index contributed by atoms with van der Waals surface area (Å²) in [5.41, 5.74) is -1.67. The number of fused-ring (bicyclic) bond motifs is 5. The zero-order valence-electron chi connectivity index (χ0n) is 18.0. The van der Waals surface area contributed by atoms with E-state index in [0.29, 0.717) is 19.3 Å². The van der Waals surface area contributed by atoms with Crippen molar-refractivity contribution in [2.24, 2.45) is 28.6 Å². The number of ketones is 2. The number of hydrogen-bond donors (Lipinski definition) is 2. The van der Waals surface area contributed by atoms with Crippen LogP contribution in [0, 0.1) is 28.6 Å². The lowest BCUT2D eigenvalue weighted by molar-refractivity contribution is -0.181. The standard InChI is InChI=1S/C24H32O6/c1-4-20(28)30-13-19(27)24(29)10-8-17-16-6-5-14-11-15(25)7-9-22(14,2)21(16)18(26)12-23(17,24)3/h7,9,11,16-18,21,26,29H,4-6,8,10,12-13H2,1-3H3/t16-,17+,18-,21-,22-,23-,24-/m0/s1. The zero-order chi connectivity index (χ0) is 21.9. The summed E-state index contributed by atoms with van der Waals surface area (Å²) in [6.07, 6.45) is 7.70. The van der Waals surface area contributed by atoms with Crippen molar-refractivity contribution in [1.29, 1.82) is 0 Å². The summed E-state index contributed by atoms with van der Waals surface area (Å²) >= 11 is 0. The molecule has 4 aliphatic carbocycles. The maximum Gasteiger partial charge on any atom is 0.305 e. The molecule has 0 saturated heterocycles. The van der Waals surface area contributed by atoms with Gasteiger partial charge in [0, 0.05) is 23.2 Å². The van der Waals surface area contributed by atoms with Crippen LogP contribution in [0.2, 0.25) is 0 Å². The van der Waals surface area contributed by atoms with E-state index in [1.807, 2.05) is 13.0 Å². The van der Waals surface area contributed by atoms with E-state index in [9.17, 15) is 24.6 Å². The third-order valence-electron chi connectivity index (χ3n) is 8.76. The molecular weight excluding hydrogens is 384 g/mol. The van der Waals surface area contributed by atoms with Crippen molar-refractivity contribution in [1.82, 2.24) is 0 Å². The molecule has 0 bridgehead atoms. The van der Waals surface area contributed by atoms with Gasteiger partial charge in [0.1, 0.15) is 5.60 Å². The van der Waals surface area contributed by atoms with Crippen molar-refractivity contribution in [3.05, 3.63) is 23.8 Å².